The van der Waals surface area contributed by atoms with Gasteiger partial charge in [-0.2, -0.15) is 43.2 Å². The first-order valence-corrected chi connectivity index (χ1v) is 8.31. The Morgan fingerprint density at radius 3 is 1.29 bits per heavy atom. The van der Waals surface area contributed by atoms with Gasteiger partial charge in [0.1, 0.15) is 5.75 Å². The maximum absolute atomic E-state index is 11.4. The van der Waals surface area contributed by atoms with E-state index < -0.39 is 31.3 Å². The normalized spacial score (nSPS) is 13.2. The van der Waals surface area contributed by atoms with E-state index in [9.17, 15) is 43.2 Å². The van der Waals surface area contributed by atoms with E-state index in [4.69, 9.17) is 5.11 Å². The van der Waals surface area contributed by atoms with E-state index in [1.807, 2.05) is 23.5 Å². The Hall–Kier alpha value is -1.54. The molecule has 140 valence electrons. The van der Waals surface area contributed by atoms with Crippen molar-refractivity contribution in [3.8, 4) is 5.75 Å². The lowest BCUT2D eigenvalue weighted by Gasteiger charge is -2.09. The summed E-state index contributed by atoms with van der Waals surface area (Å²) in [7, 11) is -13.7. The van der Waals surface area contributed by atoms with Crippen LogP contribution in [0.1, 0.15) is 11.1 Å². The fourth-order valence-corrected chi connectivity index (χ4v) is 2.71. The molecule has 0 radical (unpaired) electrons. The van der Waals surface area contributed by atoms with E-state index in [-0.39, 0.29) is 0 Å². The Bertz CT molecular complexity index is 687. The average Bonchev–Trinajstić information content (AvgIpc) is 2.22. The lowest BCUT2D eigenvalue weighted by atomic mass is 10.1. The number of aryl methyl sites for hydroxylation is 2. The molecule has 0 fully saturated rings. The predicted molar refractivity (Wildman–Crippen MR) is 68.6 cm³/mol. The van der Waals surface area contributed by atoms with Crippen LogP contribution in [0.15, 0.2) is 18.2 Å². The molecule has 6 nitrogen and oxygen atoms in total. The minimum atomic E-state index is -6.85. The molecule has 1 aromatic carbocycles. The molecule has 1 rings (SSSR count). The van der Waals surface area contributed by atoms with Gasteiger partial charge in [-0.05, 0) is 37.1 Å². The number of hydrogen-bond donors (Lipinski definition) is 1. The molecule has 1 aromatic rings. The lowest BCUT2D eigenvalue weighted by Crippen LogP contribution is -2.34. The van der Waals surface area contributed by atoms with Crippen LogP contribution in [0.3, 0.4) is 0 Å². The largest absolute Gasteiger partial charge is 0.524 e. The summed E-state index contributed by atoms with van der Waals surface area (Å²) >= 11 is 0. The van der Waals surface area contributed by atoms with Gasteiger partial charge in [-0.3, -0.25) is 0 Å². The third-order valence-electron chi connectivity index (χ3n) is 1.95. The monoisotopic (exact) mass is 404 g/mol. The quantitative estimate of drug-likeness (QED) is 0.601. The molecular weight excluding hydrogens is 394 g/mol. The molecule has 24 heavy (non-hydrogen) atoms. The third kappa shape index (κ3) is 6.52. The second-order valence-corrected chi connectivity index (χ2v) is 7.50. The summed E-state index contributed by atoms with van der Waals surface area (Å²) in [5.74, 6) is 0.354. The average molecular weight is 404 g/mol. The van der Waals surface area contributed by atoms with Gasteiger partial charge in [0.15, 0.2) is 0 Å². The Morgan fingerprint density at radius 1 is 0.792 bits per heavy atom. The Kier molecular flexibility index (Phi) is 6.69. The highest BCUT2D eigenvalue weighted by molar-refractivity contribution is 8.00. The highest BCUT2D eigenvalue weighted by atomic mass is 32.3. The van der Waals surface area contributed by atoms with E-state index in [1.165, 1.54) is 0 Å². The number of hydrogen-bond acceptors (Lipinski definition) is 6. The molecular formula is C10H10F6O6S2. The van der Waals surface area contributed by atoms with Crippen LogP contribution in [0, 0.1) is 13.8 Å². The number of alkyl halides is 6. The molecule has 0 bridgehead atoms. The SMILES string of the molecule is Cc1cc(C)cc(O)c1.O=S(=O)(OS(=O)(=O)C(F)(F)F)C(F)(F)F. The minimum absolute atomic E-state index is 0.354. The van der Waals surface area contributed by atoms with E-state index >= 15 is 0 Å². The number of halogens is 6. The summed E-state index contributed by atoms with van der Waals surface area (Å²) in [5, 5.41) is 8.99. The summed E-state index contributed by atoms with van der Waals surface area (Å²) in [6, 6.07) is 5.51. The van der Waals surface area contributed by atoms with Gasteiger partial charge < -0.3 is 5.11 Å². The van der Waals surface area contributed by atoms with Crippen molar-refractivity contribution in [2.45, 2.75) is 24.9 Å². The van der Waals surface area contributed by atoms with Crippen LogP contribution in [0.5, 0.6) is 5.75 Å². The van der Waals surface area contributed by atoms with Crippen molar-refractivity contribution >= 4 is 20.2 Å². The van der Waals surface area contributed by atoms with Gasteiger partial charge in [-0.25, -0.2) is 0 Å². The van der Waals surface area contributed by atoms with Crippen molar-refractivity contribution in [1.82, 2.24) is 0 Å². The van der Waals surface area contributed by atoms with E-state index in [2.05, 4.69) is 0 Å². The molecule has 0 spiro atoms. The van der Waals surface area contributed by atoms with Crippen LogP contribution in [-0.4, -0.2) is 33.0 Å². The second kappa shape index (κ2) is 7.14. The van der Waals surface area contributed by atoms with Gasteiger partial charge in [0, 0.05) is 0 Å². The van der Waals surface area contributed by atoms with Crippen molar-refractivity contribution in [2.24, 2.45) is 0 Å². The van der Waals surface area contributed by atoms with Crippen molar-refractivity contribution < 1.29 is 51.9 Å². The zero-order chi connectivity index (χ0) is 19.6. The Balaban J connectivity index is 0.000000496. The molecule has 14 heteroatoms. The van der Waals surface area contributed by atoms with Crippen molar-refractivity contribution in [2.75, 3.05) is 0 Å². The van der Waals surface area contributed by atoms with Gasteiger partial charge in [-0.1, -0.05) is 6.07 Å². The van der Waals surface area contributed by atoms with Gasteiger partial charge in [0.05, 0.1) is 0 Å². The maximum atomic E-state index is 11.4. The van der Waals surface area contributed by atoms with Gasteiger partial charge in [-0.15, -0.1) is 3.63 Å². The molecule has 0 aliphatic rings. The van der Waals surface area contributed by atoms with Gasteiger partial charge >= 0.3 is 31.3 Å². The summed E-state index contributed by atoms with van der Waals surface area (Å²) in [4.78, 5) is 0. The summed E-state index contributed by atoms with van der Waals surface area (Å²) < 4.78 is 110. The van der Waals surface area contributed by atoms with E-state index in [1.54, 1.807) is 12.1 Å². The Morgan fingerprint density at radius 2 is 1.08 bits per heavy atom. The van der Waals surface area contributed by atoms with Crippen LogP contribution in [0.4, 0.5) is 26.3 Å². The highest BCUT2D eigenvalue weighted by Crippen LogP contribution is 2.32. The fraction of sp³-hybridized carbons (Fsp3) is 0.400. The van der Waals surface area contributed by atoms with Crippen LogP contribution in [-0.2, 0) is 23.9 Å². The number of aromatic hydroxyl groups is 1. The van der Waals surface area contributed by atoms with E-state index in [0.717, 1.165) is 11.1 Å². The molecule has 0 heterocycles. The minimum Gasteiger partial charge on any atom is -0.508 e. The summed E-state index contributed by atoms with van der Waals surface area (Å²) in [6.45, 7) is 3.93. The first-order chi connectivity index (χ1) is 10.4. The number of rotatable bonds is 2. The standard InChI is InChI=1S/C8H10O.C2F6O5S2/c1-6-3-7(2)5-8(9)4-6;3-1(4,5)14(9,10)13-15(11,12)2(6,7)8/h3-5,9H,1-2H3;. The predicted octanol–water partition coefficient (Wildman–Crippen LogP) is 2.71. The number of phenolic OH excluding ortho intramolecular Hbond substituents is 1. The third-order valence-corrected chi connectivity index (χ3v) is 4.52. The highest BCUT2D eigenvalue weighted by Gasteiger charge is 2.57. The molecule has 0 aromatic heterocycles. The number of benzene rings is 1. The second-order valence-electron chi connectivity index (χ2n) is 4.21. The van der Waals surface area contributed by atoms with Crippen LogP contribution >= 0.6 is 0 Å². The van der Waals surface area contributed by atoms with Crippen LogP contribution in [0.2, 0.25) is 0 Å². The summed E-state index contributed by atoms with van der Waals surface area (Å²) in [6.07, 6.45) is 0. The van der Waals surface area contributed by atoms with E-state index in [0.29, 0.717) is 5.75 Å². The molecule has 0 amide bonds. The van der Waals surface area contributed by atoms with Crippen molar-refractivity contribution in [3.05, 3.63) is 29.3 Å². The van der Waals surface area contributed by atoms with Crippen molar-refractivity contribution in [3.63, 3.8) is 0 Å². The molecule has 1 N–H and O–H groups in total. The molecule has 0 aliphatic carbocycles. The first kappa shape index (κ1) is 22.5. The lowest BCUT2D eigenvalue weighted by molar-refractivity contribution is -0.0585. The Labute approximate surface area is 132 Å². The molecule has 0 aliphatic heterocycles. The smallest absolute Gasteiger partial charge is 0.508 e. The van der Waals surface area contributed by atoms with Gasteiger partial charge in [0.25, 0.3) is 0 Å². The zero-order valence-corrected chi connectivity index (χ0v) is 13.4. The first-order valence-electron chi connectivity index (χ1n) is 5.50. The molecule has 0 saturated heterocycles. The topological polar surface area (TPSA) is 97.7 Å². The maximum Gasteiger partial charge on any atom is 0.524 e. The van der Waals surface area contributed by atoms with Crippen LogP contribution in [0.25, 0.3) is 0 Å². The van der Waals surface area contributed by atoms with Gasteiger partial charge in [0.2, 0.25) is 0 Å². The zero-order valence-electron chi connectivity index (χ0n) is 11.8. The summed E-state index contributed by atoms with van der Waals surface area (Å²) in [5.41, 5.74) is -10.3. The van der Waals surface area contributed by atoms with Crippen molar-refractivity contribution in [1.29, 1.82) is 0 Å². The molecule has 0 saturated carbocycles. The molecule has 0 atom stereocenters. The number of phenols is 1. The molecule has 0 unspecified atom stereocenters. The van der Waals surface area contributed by atoms with Crippen LogP contribution < -0.4 is 0 Å². The fourth-order valence-electron chi connectivity index (χ4n) is 1.15.